The monoisotopic (exact) mass is 371 g/mol. The van der Waals surface area contributed by atoms with E-state index >= 15 is 0 Å². The predicted octanol–water partition coefficient (Wildman–Crippen LogP) is 3.24. The number of benzene rings is 2. The molecule has 134 valence electrons. The number of anilines is 1. The molecule has 2 aromatic carbocycles. The predicted molar refractivity (Wildman–Crippen MR) is 99.0 cm³/mol. The largest absolute Gasteiger partial charge is 0.497 e. The summed E-state index contributed by atoms with van der Waals surface area (Å²) in [4.78, 5) is 16.4. The lowest BCUT2D eigenvalue weighted by atomic mass is 10.2. The van der Waals surface area contributed by atoms with Crippen LogP contribution in [0.4, 0.5) is 5.13 Å². The lowest BCUT2D eigenvalue weighted by Gasteiger charge is -2.09. The number of hydrogen-bond donors (Lipinski definition) is 1. The van der Waals surface area contributed by atoms with E-state index < -0.39 is 0 Å². The number of nitrogens with one attached hydrogen (secondary N) is 1. The van der Waals surface area contributed by atoms with Gasteiger partial charge in [-0.2, -0.15) is 9.36 Å². The number of nitrogens with zero attached hydrogens (tertiary/aromatic N) is 2. The minimum atomic E-state index is -0.326. The summed E-state index contributed by atoms with van der Waals surface area (Å²) in [7, 11) is 3.15. The number of aromatic nitrogens is 2. The molecule has 7 nitrogen and oxygen atoms in total. The Labute approximate surface area is 154 Å². The van der Waals surface area contributed by atoms with Crippen LogP contribution < -0.4 is 19.5 Å². The minimum absolute atomic E-state index is 0.155. The molecule has 0 fully saturated rings. The number of hydrogen-bond acceptors (Lipinski definition) is 7. The van der Waals surface area contributed by atoms with Gasteiger partial charge in [-0.1, -0.05) is 12.1 Å². The molecular weight excluding hydrogens is 354 g/mol. The van der Waals surface area contributed by atoms with E-state index in [9.17, 15) is 4.79 Å². The maximum atomic E-state index is 12.1. The molecule has 0 atom stereocenters. The van der Waals surface area contributed by atoms with Crippen LogP contribution in [0, 0.1) is 0 Å². The van der Waals surface area contributed by atoms with Gasteiger partial charge >= 0.3 is 0 Å². The van der Waals surface area contributed by atoms with Crippen molar-refractivity contribution in [3.63, 3.8) is 0 Å². The third kappa shape index (κ3) is 4.28. The van der Waals surface area contributed by atoms with Gasteiger partial charge in [0.1, 0.15) is 5.75 Å². The number of ether oxygens (including phenoxy) is 3. The average molecular weight is 371 g/mol. The summed E-state index contributed by atoms with van der Waals surface area (Å²) < 4.78 is 20.0. The SMILES string of the molecule is COc1ccc(-c2nsc(NC(=O)COc3ccccc3OC)n2)cc1. The summed E-state index contributed by atoms with van der Waals surface area (Å²) in [6, 6.07) is 14.5. The molecule has 0 saturated heterocycles. The number of carbonyl (C=O) groups is 1. The lowest BCUT2D eigenvalue weighted by Crippen LogP contribution is -2.20. The third-order valence-electron chi connectivity index (χ3n) is 3.45. The van der Waals surface area contributed by atoms with Crippen LogP contribution in [0.5, 0.6) is 17.2 Å². The van der Waals surface area contributed by atoms with E-state index in [2.05, 4.69) is 14.7 Å². The van der Waals surface area contributed by atoms with Crippen LogP contribution >= 0.6 is 11.5 Å². The Morgan fingerprint density at radius 2 is 1.77 bits per heavy atom. The summed E-state index contributed by atoms with van der Waals surface area (Å²) >= 11 is 1.11. The number of amides is 1. The molecule has 0 aliphatic rings. The highest BCUT2D eigenvalue weighted by Gasteiger charge is 2.11. The Bertz CT molecular complexity index is 880. The number of carbonyl (C=O) groups excluding carboxylic acids is 1. The zero-order chi connectivity index (χ0) is 18.4. The molecule has 1 amide bonds. The van der Waals surface area contributed by atoms with Crippen molar-refractivity contribution in [2.24, 2.45) is 0 Å². The molecule has 0 aliphatic heterocycles. The highest BCUT2D eigenvalue weighted by molar-refractivity contribution is 7.10. The first-order valence-electron chi connectivity index (χ1n) is 7.73. The summed E-state index contributed by atoms with van der Waals surface area (Å²) in [5.74, 6) is 2.04. The lowest BCUT2D eigenvalue weighted by molar-refractivity contribution is -0.118. The van der Waals surface area contributed by atoms with Gasteiger partial charge in [0.25, 0.3) is 5.91 Å². The minimum Gasteiger partial charge on any atom is -0.497 e. The Hall–Kier alpha value is -3.13. The fourth-order valence-corrected chi connectivity index (χ4v) is 2.77. The van der Waals surface area contributed by atoms with Crippen molar-refractivity contribution in [2.75, 3.05) is 26.1 Å². The van der Waals surface area contributed by atoms with Crippen LogP contribution in [0.1, 0.15) is 0 Å². The van der Waals surface area contributed by atoms with Crippen LogP contribution in [-0.4, -0.2) is 36.1 Å². The average Bonchev–Trinajstić information content (AvgIpc) is 3.15. The molecule has 26 heavy (non-hydrogen) atoms. The van der Waals surface area contributed by atoms with Crippen molar-refractivity contribution in [2.45, 2.75) is 0 Å². The molecule has 1 aromatic heterocycles. The molecule has 1 heterocycles. The molecule has 8 heteroatoms. The van der Waals surface area contributed by atoms with Gasteiger partial charge in [0.05, 0.1) is 14.2 Å². The van der Waals surface area contributed by atoms with Gasteiger partial charge in [-0.3, -0.25) is 10.1 Å². The summed E-state index contributed by atoms with van der Waals surface area (Å²) in [5, 5.41) is 3.08. The quantitative estimate of drug-likeness (QED) is 0.687. The van der Waals surface area contributed by atoms with Crippen molar-refractivity contribution >= 4 is 22.6 Å². The first kappa shape index (κ1) is 17.7. The molecule has 3 aromatic rings. The van der Waals surface area contributed by atoms with E-state index in [-0.39, 0.29) is 12.5 Å². The maximum Gasteiger partial charge on any atom is 0.264 e. The van der Waals surface area contributed by atoms with Crippen molar-refractivity contribution in [3.05, 3.63) is 48.5 Å². The molecule has 0 saturated carbocycles. The van der Waals surface area contributed by atoms with Crippen molar-refractivity contribution < 1.29 is 19.0 Å². The highest BCUT2D eigenvalue weighted by Crippen LogP contribution is 2.26. The van der Waals surface area contributed by atoms with Crippen molar-refractivity contribution in [3.8, 4) is 28.6 Å². The summed E-state index contributed by atoms with van der Waals surface area (Å²) in [6.07, 6.45) is 0. The zero-order valence-corrected chi connectivity index (χ0v) is 15.1. The molecule has 0 bridgehead atoms. The van der Waals surface area contributed by atoms with Gasteiger partial charge < -0.3 is 14.2 Å². The zero-order valence-electron chi connectivity index (χ0n) is 14.3. The molecule has 1 N–H and O–H groups in total. The van der Waals surface area contributed by atoms with E-state index in [1.807, 2.05) is 36.4 Å². The van der Waals surface area contributed by atoms with Gasteiger partial charge in [0.15, 0.2) is 23.9 Å². The van der Waals surface area contributed by atoms with Gasteiger partial charge in [-0.15, -0.1) is 0 Å². The first-order chi connectivity index (χ1) is 12.7. The van der Waals surface area contributed by atoms with Gasteiger partial charge in [-0.25, -0.2) is 0 Å². The normalized spacial score (nSPS) is 10.2. The highest BCUT2D eigenvalue weighted by atomic mass is 32.1. The van der Waals surface area contributed by atoms with Crippen LogP contribution in [0.3, 0.4) is 0 Å². The second-order valence-electron chi connectivity index (χ2n) is 5.14. The molecule has 0 aliphatic carbocycles. The second kappa shape index (κ2) is 8.30. The topological polar surface area (TPSA) is 82.6 Å². The van der Waals surface area contributed by atoms with Crippen molar-refractivity contribution in [1.29, 1.82) is 0 Å². The third-order valence-corrected chi connectivity index (χ3v) is 4.08. The Morgan fingerprint density at radius 1 is 1.04 bits per heavy atom. The molecular formula is C18H17N3O4S. The van der Waals surface area contributed by atoms with Gasteiger partial charge in [0, 0.05) is 17.1 Å². The van der Waals surface area contributed by atoms with E-state index in [4.69, 9.17) is 14.2 Å². The Kier molecular flexibility index (Phi) is 5.65. The Morgan fingerprint density at radius 3 is 2.46 bits per heavy atom. The van der Waals surface area contributed by atoms with E-state index in [1.54, 1.807) is 26.4 Å². The van der Waals surface area contributed by atoms with Crippen LogP contribution in [0.15, 0.2) is 48.5 Å². The standard InChI is InChI=1S/C18H17N3O4S/c1-23-13-9-7-12(8-10-13)17-20-18(26-21-17)19-16(22)11-25-15-6-4-3-5-14(15)24-2/h3-10H,11H2,1-2H3,(H,19,20,21,22). The fourth-order valence-electron chi connectivity index (χ4n) is 2.17. The number of rotatable bonds is 7. The van der Waals surface area contributed by atoms with Gasteiger partial charge in [-0.05, 0) is 36.4 Å². The molecule has 3 rings (SSSR count). The van der Waals surface area contributed by atoms with Crippen LogP contribution in [-0.2, 0) is 4.79 Å². The van der Waals surface area contributed by atoms with Crippen LogP contribution in [0.2, 0.25) is 0 Å². The summed E-state index contributed by atoms with van der Waals surface area (Å²) in [6.45, 7) is -0.155. The maximum absolute atomic E-state index is 12.1. The van der Waals surface area contributed by atoms with E-state index in [1.165, 1.54) is 0 Å². The first-order valence-corrected chi connectivity index (χ1v) is 8.50. The smallest absolute Gasteiger partial charge is 0.264 e. The summed E-state index contributed by atoms with van der Waals surface area (Å²) in [5.41, 5.74) is 0.841. The van der Waals surface area contributed by atoms with E-state index in [0.717, 1.165) is 22.8 Å². The molecule has 0 unspecified atom stereocenters. The van der Waals surface area contributed by atoms with E-state index in [0.29, 0.717) is 22.5 Å². The van der Waals surface area contributed by atoms with Crippen LogP contribution in [0.25, 0.3) is 11.4 Å². The molecule has 0 radical (unpaired) electrons. The van der Waals surface area contributed by atoms with Gasteiger partial charge in [0.2, 0.25) is 5.13 Å². The van der Waals surface area contributed by atoms with Crippen molar-refractivity contribution in [1.82, 2.24) is 9.36 Å². The number of para-hydroxylation sites is 2. The molecule has 0 spiro atoms. The second-order valence-corrected chi connectivity index (χ2v) is 5.89. The fraction of sp³-hybridized carbons (Fsp3) is 0.167. The number of methoxy groups -OCH3 is 2. The Balaban J connectivity index is 1.59.